The van der Waals surface area contributed by atoms with Crippen molar-refractivity contribution in [3.63, 3.8) is 0 Å². The summed E-state index contributed by atoms with van der Waals surface area (Å²) in [5.74, 6) is -0.256. The first-order valence-corrected chi connectivity index (χ1v) is 7.83. The number of rotatable bonds is 6. The van der Waals surface area contributed by atoms with Gasteiger partial charge in [-0.15, -0.1) is 0 Å². The molecular weight excluding hydrogens is 306 g/mol. The van der Waals surface area contributed by atoms with Crippen LogP contribution in [0.15, 0.2) is 30.3 Å². The van der Waals surface area contributed by atoms with Crippen molar-refractivity contribution in [1.29, 1.82) is 0 Å². The Kier molecular flexibility index (Phi) is 5.57. The maximum Gasteiger partial charge on any atom is 0.312 e. The SMILES string of the molecule is Cc1cc(C)n(-c2ccc(CCNC(=O)[C@@H](C)NC(N)=O)cc2)n1. The van der Waals surface area contributed by atoms with E-state index in [1.807, 2.05) is 48.9 Å². The first-order chi connectivity index (χ1) is 11.4. The molecule has 0 saturated heterocycles. The zero-order valence-corrected chi connectivity index (χ0v) is 14.2. The largest absolute Gasteiger partial charge is 0.354 e. The van der Waals surface area contributed by atoms with E-state index in [0.29, 0.717) is 13.0 Å². The number of nitrogens with zero attached hydrogens (tertiary/aromatic N) is 2. The third-order valence-corrected chi connectivity index (χ3v) is 3.66. The fourth-order valence-corrected chi connectivity index (χ4v) is 2.46. The molecule has 0 aliphatic heterocycles. The van der Waals surface area contributed by atoms with Gasteiger partial charge in [0.05, 0.1) is 11.4 Å². The van der Waals surface area contributed by atoms with Crippen LogP contribution < -0.4 is 16.4 Å². The zero-order chi connectivity index (χ0) is 17.7. The Morgan fingerprint density at radius 3 is 2.46 bits per heavy atom. The van der Waals surface area contributed by atoms with E-state index < -0.39 is 12.1 Å². The van der Waals surface area contributed by atoms with Gasteiger partial charge in [0.15, 0.2) is 0 Å². The second-order valence-electron chi connectivity index (χ2n) is 5.78. The molecule has 7 heteroatoms. The number of primary amides is 1. The van der Waals surface area contributed by atoms with Crippen LogP contribution in [-0.2, 0) is 11.2 Å². The van der Waals surface area contributed by atoms with Crippen LogP contribution in [0.3, 0.4) is 0 Å². The molecule has 128 valence electrons. The molecule has 0 saturated carbocycles. The summed E-state index contributed by atoms with van der Waals surface area (Å²) >= 11 is 0. The Labute approximate surface area is 141 Å². The standard InChI is InChI=1S/C17H23N5O2/c1-11-10-12(2)22(21-11)15-6-4-14(5-7-15)8-9-19-16(23)13(3)20-17(18)24/h4-7,10,13H,8-9H2,1-3H3,(H,19,23)(H3,18,20,24)/t13-/m1/s1. The number of nitrogens with two attached hydrogens (primary N) is 1. The molecule has 2 rings (SSSR count). The quantitative estimate of drug-likeness (QED) is 0.742. The summed E-state index contributed by atoms with van der Waals surface area (Å²) in [7, 11) is 0. The number of carbonyl (C=O) groups excluding carboxylic acids is 2. The molecule has 0 fully saturated rings. The molecule has 3 amide bonds. The lowest BCUT2D eigenvalue weighted by Crippen LogP contribution is -2.47. The zero-order valence-electron chi connectivity index (χ0n) is 14.2. The third kappa shape index (κ3) is 4.58. The van der Waals surface area contributed by atoms with Crippen LogP contribution in [0.5, 0.6) is 0 Å². The van der Waals surface area contributed by atoms with Crippen LogP contribution in [0, 0.1) is 13.8 Å². The highest BCUT2D eigenvalue weighted by Gasteiger charge is 2.13. The van der Waals surface area contributed by atoms with Crippen molar-refractivity contribution in [2.24, 2.45) is 5.73 Å². The van der Waals surface area contributed by atoms with Gasteiger partial charge >= 0.3 is 6.03 Å². The fourth-order valence-electron chi connectivity index (χ4n) is 2.46. The molecular formula is C17H23N5O2. The summed E-state index contributed by atoms with van der Waals surface area (Å²) in [4.78, 5) is 22.5. The average molecular weight is 329 g/mol. The van der Waals surface area contributed by atoms with Crippen LogP contribution in [-0.4, -0.2) is 34.3 Å². The Morgan fingerprint density at radius 1 is 1.25 bits per heavy atom. The van der Waals surface area contributed by atoms with Crippen LogP contribution in [0.25, 0.3) is 5.69 Å². The number of hydrogen-bond donors (Lipinski definition) is 3. The predicted molar refractivity (Wildman–Crippen MR) is 91.9 cm³/mol. The van der Waals surface area contributed by atoms with Gasteiger partial charge in [-0.1, -0.05) is 12.1 Å². The Hall–Kier alpha value is -2.83. The number of benzene rings is 1. The van der Waals surface area contributed by atoms with Crippen LogP contribution in [0.1, 0.15) is 23.9 Å². The van der Waals surface area contributed by atoms with Gasteiger partial charge in [-0.25, -0.2) is 9.48 Å². The van der Waals surface area contributed by atoms with Crippen molar-refractivity contribution in [3.8, 4) is 5.69 Å². The van der Waals surface area contributed by atoms with E-state index in [-0.39, 0.29) is 5.91 Å². The molecule has 7 nitrogen and oxygen atoms in total. The number of urea groups is 1. The van der Waals surface area contributed by atoms with E-state index in [1.165, 1.54) is 0 Å². The van der Waals surface area contributed by atoms with Crippen molar-refractivity contribution in [2.45, 2.75) is 33.2 Å². The summed E-state index contributed by atoms with van der Waals surface area (Å²) in [6, 6.07) is 8.73. The molecule has 1 aromatic heterocycles. The molecule has 2 aromatic rings. The van der Waals surface area contributed by atoms with Gasteiger partial charge in [0, 0.05) is 12.2 Å². The molecule has 4 N–H and O–H groups in total. The molecule has 1 aromatic carbocycles. The van der Waals surface area contributed by atoms with Gasteiger partial charge in [-0.2, -0.15) is 5.10 Å². The van der Waals surface area contributed by atoms with E-state index >= 15 is 0 Å². The van der Waals surface area contributed by atoms with E-state index in [4.69, 9.17) is 5.73 Å². The molecule has 0 spiro atoms. The lowest BCUT2D eigenvalue weighted by atomic mass is 10.1. The van der Waals surface area contributed by atoms with Crippen molar-refractivity contribution in [3.05, 3.63) is 47.3 Å². The lowest BCUT2D eigenvalue weighted by Gasteiger charge is -2.12. The summed E-state index contributed by atoms with van der Waals surface area (Å²) in [5.41, 5.74) is 9.17. The number of aryl methyl sites for hydroxylation is 2. The van der Waals surface area contributed by atoms with Crippen LogP contribution in [0.2, 0.25) is 0 Å². The van der Waals surface area contributed by atoms with Crippen LogP contribution >= 0.6 is 0 Å². The monoisotopic (exact) mass is 329 g/mol. The van der Waals surface area contributed by atoms with E-state index in [1.54, 1.807) is 6.92 Å². The van der Waals surface area contributed by atoms with Gasteiger partial charge in [-0.05, 0) is 51.0 Å². The fraction of sp³-hybridized carbons (Fsp3) is 0.353. The highest BCUT2D eigenvalue weighted by atomic mass is 16.2. The van der Waals surface area contributed by atoms with Gasteiger partial charge in [-0.3, -0.25) is 4.79 Å². The first-order valence-electron chi connectivity index (χ1n) is 7.83. The summed E-state index contributed by atoms with van der Waals surface area (Å²) in [6.45, 7) is 6.06. The molecule has 1 atom stereocenters. The van der Waals surface area contributed by atoms with E-state index in [0.717, 1.165) is 22.6 Å². The average Bonchev–Trinajstić information content (AvgIpc) is 2.85. The van der Waals surface area contributed by atoms with Crippen molar-refractivity contribution >= 4 is 11.9 Å². The number of amides is 3. The smallest absolute Gasteiger partial charge is 0.312 e. The van der Waals surface area contributed by atoms with Crippen molar-refractivity contribution in [2.75, 3.05) is 6.54 Å². The minimum atomic E-state index is -0.711. The molecule has 0 radical (unpaired) electrons. The van der Waals surface area contributed by atoms with Crippen LogP contribution in [0.4, 0.5) is 4.79 Å². The lowest BCUT2D eigenvalue weighted by molar-refractivity contribution is -0.122. The minimum absolute atomic E-state index is 0.256. The summed E-state index contributed by atoms with van der Waals surface area (Å²) in [5, 5.41) is 9.56. The first kappa shape index (κ1) is 17.5. The highest BCUT2D eigenvalue weighted by molar-refractivity contribution is 5.86. The topological polar surface area (TPSA) is 102 Å². The second-order valence-corrected chi connectivity index (χ2v) is 5.78. The van der Waals surface area contributed by atoms with Crippen molar-refractivity contribution < 1.29 is 9.59 Å². The maximum atomic E-state index is 11.8. The Morgan fingerprint density at radius 2 is 1.92 bits per heavy atom. The summed E-state index contributed by atoms with van der Waals surface area (Å²) in [6.07, 6.45) is 0.701. The molecule has 1 heterocycles. The van der Waals surface area contributed by atoms with Gasteiger partial charge in [0.25, 0.3) is 0 Å². The van der Waals surface area contributed by atoms with Gasteiger partial charge in [0.2, 0.25) is 5.91 Å². The number of hydrogen-bond acceptors (Lipinski definition) is 3. The normalized spacial score (nSPS) is 11.8. The molecule has 0 unspecified atom stereocenters. The second kappa shape index (κ2) is 7.63. The summed E-state index contributed by atoms with van der Waals surface area (Å²) < 4.78 is 1.90. The van der Waals surface area contributed by atoms with E-state index in [9.17, 15) is 9.59 Å². The molecule has 0 bridgehead atoms. The van der Waals surface area contributed by atoms with Gasteiger partial charge < -0.3 is 16.4 Å². The van der Waals surface area contributed by atoms with Gasteiger partial charge in [0.1, 0.15) is 6.04 Å². The number of aromatic nitrogens is 2. The van der Waals surface area contributed by atoms with Crippen molar-refractivity contribution in [1.82, 2.24) is 20.4 Å². The third-order valence-electron chi connectivity index (χ3n) is 3.66. The molecule has 0 aliphatic rings. The minimum Gasteiger partial charge on any atom is -0.354 e. The maximum absolute atomic E-state index is 11.8. The van der Waals surface area contributed by atoms with E-state index in [2.05, 4.69) is 15.7 Å². The predicted octanol–water partition coefficient (Wildman–Crippen LogP) is 1.20. The Bertz CT molecular complexity index is 721. The Balaban J connectivity index is 1.87. The molecule has 0 aliphatic carbocycles. The number of nitrogens with one attached hydrogen (secondary N) is 2. The highest BCUT2D eigenvalue weighted by Crippen LogP contribution is 2.13. The number of carbonyl (C=O) groups is 2. The molecule has 24 heavy (non-hydrogen) atoms.